The van der Waals surface area contributed by atoms with Crippen molar-refractivity contribution in [2.24, 2.45) is 0 Å². The van der Waals surface area contributed by atoms with E-state index in [1.165, 1.54) is 0 Å². The lowest BCUT2D eigenvalue weighted by molar-refractivity contribution is -0.146. The molecular formula is C19H28N2O4. The predicted molar refractivity (Wildman–Crippen MR) is 99.4 cm³/mol. The van der Waals surface area contributed by atoms with Crippen LogP contribution in [0.2, 0.25) is 0 Å². The summed E-state index contributed by atoms with van der Waals surface area (Å²) in [7, 11) is 0. The van der Waals surface area contributed by atoms with Gasteiger partial charge in [0.25, 0.3) is 0 Å². The summed E-state index contributed by atoms with van der Waals surface area (Å²) in [5.41, 5.74) is 11.9. The van der Waals surface area contributed by atoms with Crippen molar-refractivity contribution in [3.8, 4) is 0 Å². The van der Waals surface area contributed by atoms with Crippen LogP contribution in [0.3, 0.4) is 0 Å². The number of nitrogen functional groups attached to an aromatic ring is 1. The van der Waals surface area contributed by atoms with Crippen LogP contribution in [0.5, 0.6) is 0 Å². The number of carbonyl (C=O) groups excluding carboxylic acids is 2. The molecule has 0 aromatic heterocycles. The Hall–Kier alpha value is -2.50. The Labute approximate surface area is 149 Å². The van der Waals surface area contributed by atoms with Gasteiger partial charge in [-0.3, -0.25) is 0 Å². The molecule has 0 saturated heterocycles. The van der Waals surface area contributed by atoms with E-state index in [0.717, 1.165) is 22.3 Å². The van der Waals surface area contributed by atoms with Gasteiger partial charge in [-0.15, -0.1) is 0 Å². The molecule has 3 N–H and O–H groups in total. The first-order valence-corrected chi connectivity index (χ1v) is 8.35. The van der Waals surface area contributed by atoms with E-state index >= 15 is 0 Å². The highest BCUT2D eigenvalue weighted by Crippen LogP contribution is 2.34. The molecule has 25 heavy (non-hydrogen) atoms. The Balaban J connectivity index is 3.44. The van der Waals surface area contributed by atoms with E-state index in [9.17, 15) is 9.59 Å². The molecule has 6 heteroatoms. The van der Waals surface area contributed by atoms with Gasteiger partial charge in [0.05, 0.1) is 24.6 Å². The molecule has 0 aliphatic heterocycles. The minimum Gasteiger partial charge on any atom is -0.462 e. The van der Waals surface area contributed by atoms with Crippen LogP contribution in [-0.2, 0) is 19.1 Å². The third kappa shape index (κ3) is 4.32. The van der Waals surface area contributed by atoms with Gasteiger partial charge < -0.3 is 20.5 Å². The lowest BCUT2D eigenvalue weighted by Gasteiger charge is -2.20. The smallest absolute Gasteiger partial charge is 0.347 e. The Morgan fingerprint density at radius 3 is 1.76 bits per heavy atom. The van der Waals surface area contributed by atoms with E-state index in [0.29, 0.717) is 17.1 Å². The standard InChI is InChI=1S/C19H28N2O4/c1-8-24-18(22)15(19(23)25-9-2)14(7)21-17-13(6)11(4)10(3)12(5)16(17)20/h21H,8-9,20H2,1-7H3. The summed E-state index contributed by atoms with van der Waals surface area (Å²) in [4.78, 5) is 24.4. The molecule has 0 aliphatic carbocycles. The van der Waals surface area contributed by atoms with Crippen molar-refractivity contribution >= 4 is 23.3 Å². The van der Waals surface area contributed by atoms with E-state index < -0.39 is 11.9 Å². The Morgan fingerprint density at radius 1 is 0.880 bits per heavy atom. The van der Waals surface area contributed by atoms with E-state index in [1.807, 2.05) is 27.7 Å². The Morgan fingerprint density at radius 2 is 1.32 bits per heavy atom. The summed E-state index contributed by atoms with van der Waals surface area (Å²) in [6.07, 6.45) is 0. The third-order valence-corrected chi connectivity index (χ3v) is 4.38. The summed E-state index contributed by atoms with van der Waals surface area (Å²) in [5.74, 6) is -1.44. The van der Waals surface area contributed by atoms with Crippen LogP contribution in [0.4, 0.5) is 11.4 Å². The van der Waals surface area contributed by atoms with E-state index in [4.69, 9.17) is 15.2 Å². The zero-order valence-corrected chi connectivity index (χ0v) is 16.1. The molecular weight excluding hydrogens is 320 g/mol. The number of rotatable bonds is 6. The van der Waals surface area contributed by atoms with Crippen molar-refractivity contribution in [2.45, 2.75) is 48.5 Å². The quantitative estimate of drug-likeness (QED) is 0.269. The average molecular weight is 348 g/mol. The highest BCUT2D eigenvalue weighted by Gasteiger charge is 2.25. The van der Waals surface area contributed by atoms with Gasteiger partial charge in [0.1, 0.15) is 0 Å². The SMILES string of the molecule is CCOC(=O)C(C(=O)OCC)=C(C)Nc1c(C)c(C)c(C)c(C)c1N. The molecule has 0 amide bonds. The summed E-state index contributed by atoms with van der Waals surface area (Å²) in [5, 5.41) is 3.12. The van der Waals surface area contributed by atoms with Gasteiger partial charge in [-0.2, -0.15) is 0 Å². The number of hydrogen-bond acceptors (Lipinski definition) is 6. The van der Waals surface area contributed by atoms with Gasteiger partial charge in [0.15, 0.2) is 5.57 Å². The molecule has 0 aliphatic rings. The molecule has 0 radical (unpaired) electrons. The van der Waals surface area contributed by atoms with Gasteiger partial charge in [0, 0.05) is 5.70 Å². The molecule has 6 nitrogen and oxygen atoms in total. The van der Waals surface area contributed by atoms with E-state index in [2.05, 4.69) is 5.32 Å². The second-order valence-electron chi connectivity index (χ2n) is 5.85. The molecule has 0 unspecified atom stereocenters. The average Bonchev–Trinajstić information content (AvgIpc) is 2.56. The number of nitrogens with two attached hydrogens (primary N) is 1. The zero-order valence-electron chi connectivity index (χ0n) is 16.1. The Kier molecular flexibility index (Phi) is 7.03. The predicted octanol–water partition coefficient (Wildman–Crippen LogP) is 3.31. The summed E-state index contributed by atoms with van der Waals surface area (Å²) < 4.78 is 9.98. The molecule has 0 saturated carbocycles. The summed E-state index contributed by atoms with van der Waals surface area (Å²) in [6, 6.07) is 0. The van der Waals surface area contributed by atoms with Gasteiger partial charge in [-0.25, -0.2) is 9.59 Å². The van der Waals surface area contributed by atoms with Crippen molar-refractivity contribution in [1.82, 2.24) is 0 Å². The first kappa shape index (κ1) is 20.5. The van der Waals surface area contributed by atoms with Crippen LogP contribution in [0.15, 0.2) is 11.3 Å². The fourth-order valence-electron chi connectivity index (χ4n) is 2.55. The molecule has 138 valence electrons. The fraction of sp³-hybridized carbons (Fsp3) is 0.474. The van der Waals surface area contributed by atoms with Gasteiger partial charge in [0.2, 0.25) is 0 Å². The van der Waals surface area contributed by atoms with E-state index in [-0.39, 0.29) is 18.8 Å². The van der Waals surface area contributed by atoms with Crippen LogP contribution < -0.4 is 11.1 Å². The molecule has 1 aromatic rings. The van der Waals surface area contributed by atoms with E-state index in [1.54, 1.807) is 20.8 Å². The Bertz CT molecular complexity index is 672. The van der Waals surface area contributed by atoms with Gasteiger partial charge >= 0.3 is 11.9 Å². The maximum Gasteiger partial charge on any atom is 0.347 e. The van der Waals surface area contributed by atoms with Crippen LogP contribution in [0.25, 0.3) is 0 Å². The van der Waals surface area contributed by atoms with Crippen LogP contribution in [-0.4, -0.2) is 25.2 Å². The monoisotopic (exact) mass is 348 g/mol. The molecule has 0 atom stereocenters. The minimum atomic E-state index is -0.720. The number of hydrogen-bond donors (Lipinski definition) is 2. The van der Waals surface area contributed by atoms with Crippen LogP contribution >= 0.6 is 0 Å². The number of nitrogens with one attached hydrogen (secondary N) is 1. The van der Waals surface area contributed by atoms with Gasteiger partial charge in [-0.1, -0.05) is 0 Å². The number of allylic oxidation sites excluding steroid dienone is 1. The number of carbonyl (C=O) groups is 2. The van der Waals surface area contributed by atoms with Crippen molar-refractivity contribution in [3.63, 3.8) is 0 Å². The molecule has 0 bridgehead atoms. The second-order valence-corrected chi connectivity index (χ2v) is 5.85. The molecule has 1 rings (SSSR count). The van der Waals surface area contributed by atoms with Crippen LogP contribution in [0.1, 0.15) is 43.0 Å². The van der Waals surface area contributed by atoms with Crippen molar-refractivity contribution < 1.29 is 19.1 Å². The highest BCUT2D eigenvalue weighted by molar-refractivity contribution is 6.15. The number of benzene rings is 1. The lowest BCUT2D eigenvalue weighted by atomic mass is 9.95. The maximum absolute atomic E-state index is 12.2. The topological polar surface area (TPSA) is 90.7 Å². The number of anilines is 2. The third-order valence-electron chi connectivity index (χ3n) is 4.38. The zero-order chi connectivity index (χ0) is 19.3. The molecule has 0 spiro atoms. The van der Waals surface area contributed by atoms with Gasteiger partial charge in [-0.05, 0) is 70.7 Å². The van der Waals surface area contributed by atoms with Crippen molar-refractivity contribution in [3.05, 3.63) is 33.5 Å². The first-order chi connectivity index (χ1) is 11.7. The largest absolute Gasteiger partial charge is 0.462 e. The van der Waals surface area contributed by atoms with Crippen LogP contribution in [0, 0.1) is 27.7 Å². The lowest BCUT2D eigenvalue weighted by Crippen LogP contribution is -2.22. The summed E-state index contributed by atoms with van der Waals surface area (Å²) >= 11 is 0. The normalized spacial score (nSPS) is 10.2. The molecule has 1 aromatic carbocycles. The maximum atomic E-state index is 12.2. The number of ether oxygens (including phenoxy) is 2. The molecule has 0 fully saturated rings. The number of esters is 2. The molecule has 0 heterocycles. The van der Waals surface area contributed by atoms with Crippen molar-refractivity contribution in [2.75, 3.05) is 24.3 Å². The minimum absolute atomic E-state index is 0.154. The first-order valence-electron chi connectivity index (χ1n) is 8.35. The fourth-order valence-corrected chi connectivity index (χ4v) is 2.55. The second kappa shape index (κ2) is 8.55. The van der Waals surface area contributed by atoms with Crippen molar-refractivity contribution in [1.29, 1.82) is 0 Å². The summed E-state index contributed by atoms with van der Waals surface area (Å²) in [6.45, 7) is 13.2. The highest BCUT2D eigenvalue weighted by atomic mass is 16.6.